The van der Waals surface area contributed by atoms with Crippen LogP contribution in [-0.2, 0) is 9.47 Å². The lowest BCUT2D eigenvalue weighted by molar-refractivity contribution is 0.115. The van der Waals surface area contributed by atoms with Crippen molar-refractivity contribution in [3.05, 3.63) is 0 Å². The molecule has 7 heteroatoms. The Hall–Kier alpha value is -1.50. The fourth-order valence-electron chi connectivity index (χ4n) is 0.532. The van der Waals surface area contributed by atoms with Crippen molar-refractivity contribution < 1.29 is 24.2 Å². The number of hydrogen-bond acceptors (Lipinski definition) is 5. The quantitative estimate of drug-likeness (QED) is 0.757. The largest absolute Gasteiger partial charge is 0.452 e. The molecule has 17 heavy (non-hydrogen) atoms. The Morgan fingerprint density at radius 3 is 1.41 bits per heavy atom. The van der Waals surface area contributed by atoms with Crippen LogP contribution >= 0.6 is 0 Å². The van der Waals surface area contributed by atoms with E-state index in [0.717, 1.165) is 0 Å². The average molecular weight is 248 g/mol. The lowest BCUT2D eigenvalue weighted by atomic mass is 10.5. The van der Waals surface area contributed by atoms with E-state index in [0.29, 0.717) is 0 Å². The second-order valence-corrected chi connectivity index (χ2v) is 3.38. The van der Waals surface area contributed by atoms with Gasteiger partial charge in [-0.25, -0.2) is 9.59 Å². The van der Waals surface area contributed by atoms with Gasteiger partial charge < -0.3 is 14.6 Å². The molecule has 0 unspecified atom stereocenters. The minimum absolute atomic E-state index is 0.250. The number of azo groups is 1. The lowest BCUT2D eigenvalue weighted by Crippen LogP contribution is -2.09. The van der Waals surface area contributed by atoms with Crippen LogP contribution < -0.4 is 0 Å². The van der Waals surface area contributed by atoms with Crippen LogP contribution in [0.25, 0.3) is 0 Å². The monoisotopic (exact) mass is 248 g/mol. The highest BCUT2D eigenvalue weighted by atomic mass is 16.6. The molecule has 0 aromatic rings. The van der Waals surface area contributed by atoms with Crippen molar-refractivity contribution in [2.45, 2.75) is 46.8 Å². The molecule has 0 atom stereocenters. The van der Waals surface area contributed by atoms with Crippen LogP contribution in [0.2, 0.25) is 0 Å². The fourth-order valence-corrected chi connectivity index (χ4v) is 0.532. The predicted octanol–water partition coefficient (Wildman–Crippen LogP) is 2.53. The summed E-state index contributed by atoms with van der Waals surface area (Å²) in [5, 5.41) is 13.6. The summed E-state index contributed by atoms with van der Waals surface area (Å²) in [5.74, 6) is 0. The molecule has 0 radical (unpaired) electrons. The van der Waals surface area contributed by atoms with E-state index in [-0.39, 0.29) is 18.8 Å². The van der Waals surface area contributed by atoms with Gasteiger partial charge in [0, 0.05) is 6.61 Å². The zero-order chi connectivity index (χ0) is 13.8. The highest BCUT2D eigenvalue weighted by Crippen LogP contribution is 1.96. The molecule has 0 aromatic carbocycles. The number of amides is 2. The molecule has 1 N–H and O–H groups in total. The number of carbonyl (C=O) groups is 2. The molecule has 7 nitrogen and oxygen atoms in total. The Kier molecular flexibility index (Phi) is 11.6. The van der Waals surface area contributed by atoms with Crippen molar-refractivity contribution in [2.75, 3.05) is 6.61 Å². The standard InChI is InChI=1S/C8H14N2O4.C2H6O/c1-5(2)13-7(11)9-10-8(12)14-6(3)4;1-2-3/h5-6H,1-4H3;3H,2H2,1H3. The summed E-state index contributed by atoms with van der Waals surface area (Å²) in [6, 6.07) is 0. The maximum Gasteiger partial charge on any atom is 0.452 e. The molecule has 0 fully saturated rings. The van der Waals surface area contributed by atoms with E-state index in [1.165, 1.54) is 0 Å². The normalized spacial score (nSPS) is 10.1. The van der Waals surface area contributed by atoms with E-state index in [1.54, 1.807) is 34.6 Å². The van der Waals surface area contributed by atoms with Crippen molar-refractivity contribution >= 4 is 12.2 Å². The Balaban J connectivity index is 0. The summed E-state index contributed by atoms with van der Waals surface area (Å²) >= 11 is 0. The number of rotatable bonds is 2. The van der Waals surface area contributed by atoms with Gasteiger partial charge in [0.15, 0.2) is 0 Å². The van der Waals surface area contributed by atoms with E-state index in [9.17, 15) is 9.59 Å². The third kappa shape index (κ3) is 17.1. The van der Waals surface area contributed by atoms with Gasteiger partial charge in [-0.1, -0.05) is 10.2 Å². The molecule has 0 aliphatic heterocycles. The first kappa shape index (κ1) is 17.9. The van der Waals surface area contributed by atoms with E-state index < -0.39 is 12.2 Å². The Labute approximate surface area is 101 Å². The Morgan fingerprint density at radius 2 is 1.24 bits per heavy atom. The van der Waals surface area contributed by atoms with Gasteiger partial charge in [0.1, 0.15) is 0 Å². The lowest BCUT2D eigenvalue weighted by Gasteiger charge is -2.03. The van der Waals surface area contributed by atoms with Gasteiger partial charge in [-0.2, -0.15) is 0 Å². The highest BCUT2D eigenvalue weighted by molar-refractivity contribution is 5.73. The molecule has 0 spiro atoms. The first-order valence-electron chi connectivity index (χ1n) is 5.27. The summed E-state index contributed by atoms with van der Waals surface area (Å²) < 4.78 is 9.20. The maximum absolute atomic E-state index is 10.8. The first-order valence-corrected chi connectivity index (χ1v) is 5.27. The van der Waals surface area contributed by atoms with E-state index in [1.807, 2.05) is 0 Å². The van der Waals surface area contributed by atoms with Crippen LogP contribution in [0, 0.1) is 0 Å². The highest BCUT2D eigenvalue weighted by Gasteiger charge is 2.06. The van der Waals surface area contributed by atoms with E-state index >= 15 is 0 Å². The molecule has 0 heterocycles. The second kappa shape index (κ2) is 11.0. The molecule has 0 aliphatic rings. The summed E-state index contributed by atoms with van der Waals surface area (Å²) in [5.41, 5.74) is 0. The number of carbonyl (C=O) groups excluding carboxylic acids is 2. The van der Waals surface area contributed by atoms with Gasteiger partial charge in [0.2, 0.25) is 0 Å². The van der Waals surface area contributed by atoms with Crippen LogP contribution in [0.4, 0.5) is 9.59 Å². The van der Waals surface area contributed by atoms with E-state index in [2.05, 4.69) is 19.7 Å². The zero-order valence-electron chi connectivity index (χ0n) is 10.8. The smallest absolute Gasteiger partial charge is 0.444 e. The van der Waals surface area contributed by atoms with Crippen LogP contribution in [-0.4, -0.2) is 36.1 Å². The van der Waals surface area contributed by atoms with Gasteiger partial charge in [0.05, 0.1) is 12.2 Å². The molecule has 0 saturated carbocycles. The number of aliphatic hydroxyl groups is 1. The summed E-state index contributed by atoms with van der Waals surface area (Å²) in [7, 11) is 0. The number of aliphatic hydroxyl groups excluding tert-OH is 1. The minimum Gasteiger partial charge on any atom is -0.444 e. The van der Waals surface area contributed by atoms with Gasteiger partial charge in [-0.05, 0) is 34.6 Å². The molecular weight excluding hydrogens is 228 g/mol. The predicted molar refractivity (Wildman–Crippen MR) is 60.8 cm³/mol. The SMILES string of the molecule is CC(C)OC(=O)N=NC(=O)OC(C)C.CCO. The van der Waals surface area contributed by atoms with Crippen LogP contribution in [0.5, 0.6) is 0 Å². The minimum atomic E-state index is -0.902. The zero-order valence-corrected chi connectivity index (χ0v) is 10.8. The average Bonchev–Trinajstić information content (AvgIpc) is 2.14. The molecule has 0 aliphatic carbocycles. The Bertz CT molecular complexity index is 227. The van der Waals surface area contributed by atoms with E-state index in [4.69, 9.17) is 5.11 Å². The molecule has 0 aromatic heterocycles. The molecule has 0 rings (SSSR count). The van der Waals surface area contributed by atoms with Crippen molar-refractivity contribution in [3.8, 4) is 0 Å². The molecule has 100 valence electrons. The number of nitrogens with zero attached hydrogens (tertiary/aromatic N) is 2. The van der Waals surface area contributed by atoms with Crippen LogP contribution in [0.1, 0.15) is 34.6 Å². The topological polar surface area (TPSA) is 97.6 Å². The van der Waals surface area contributed by atoms with Crippen LogP contribution in [0.3, 0.4) is 0 Å². The summed E-state index contributed by atoms with van der Waals surface area (Å²) in [6.45, 7) is 8.60. The first-order chi connectivity index (χ1) is 7.83. The second-order valence-electron chi connectivity index (χ2n) is 3.38. The van der Waals surface area contributed by atoms with Crippen molar-refractivity contribution in [1.82, 2.24) is 0 Å². The van der Waals surface area contributed by atoms with Gasteiger partial charge in [-0.15, -0.1) is 0 Å². The Morgan fingerprint density at radius 1 is 1.00 bits per heavy atom. The van der Waals surface area contributed by atoms with Gasteiger partial charge in [0.25, 0.3) is 0 Å². The molecule has 0 bridgehead atoms. The molecular formula is C10H20N2O5. The fraction of sp³-hybridized carbons (Fsp3) is 0.800. The summed E-state index contributed by atoms with van der Waals surface area (Å²) in [6.07, 6.45) is -2.38. The number of hydrogen-bond donors (Lipinski definition) is 1. The number of ether oxygens (including phenoxy) is 2. The molecule has 0 saturated heterocycles. The third-order valence-electron chi connectivity index (χ3n) is 0.886. The third-order valence-corrected chi connectivity index (χ3v) is 0.886. The maximum atomic E-state index is 10.8. The van der Waals surface area contributed by atoms with Gasteiger partial charge >= 0.3 is 12.2 Å². The molecule has 2 amide bonds. The van der Waals surface area contributed by atoms with Crippen molar-refractivity contribution in [1.29, 1.82) is 0 Å². The summed E-state index contributed by atoms with van der Waals surface area (Å²) in [4.78, 5) is 21.5. The van der Waals surface area contributed by atoms with Crippen LogP contribution in [0.15, 0.2) is 10.2 Å². The van der Waals surface area contributed by atoms with Crippen molar-refractivity contribution in [3.63, 3.8) is 0 Å². The van der Waals surface area contributed by atoms with Crippen molar-refractivity contribution in [2.24, 2.45) is 10.2 Å². The van der Waals surface area contributed by atoms with Gasteiger partial charge in [-0.3, -0.25) is 0 Å².